The molecule has 3 nitrogen and oxygen atoms in total. The fourth-order valence-corrected chi connectivity index (χ4v) is 1.59. The third kappa shape index (κ3) is 4.88. The van der Waals surface area contributed by atoms with Crippen LogP contribution < -0.4 is 0 Å². The average Bonchev–Trinajstić information content (AvgIpc) is 1.81. The highest BCUT2D eigenvalue weighted by Gasteiger charge is 2.30. The number of carboxylic acid groups (broad SMARTS) is 1. The summed E-state index contributed by atoms with van der Waals surface area (Å²) in [6.45, 7) is 5.62. The molecule has 4 heteroatoms. The lowest BCUT2D eigenvalue weighted by molar-refractivity contribution is -0.137. The maximum absolute atomic E-state index is 11.0. The maximum atomic E-state index is 11.0. The van der Waals surface area contributed by atoms with Gasteiger partial charge in [-0.1, -0.05) is 20.8 Å². The van der Waals surface area contributed by atoms with Crippen LogP contribution in [0, 0.1) is 11.3 Å². The van der Waals surface area contributed by atoms with Gasteiger partial charge in [0.1, 0.15) is 0 Å². The molecule has 0 aromatic carbocycles. The lowest BCUT2D eigenvalue weighted by atomic mass is 9.79. The molecule has 0 aliphatic rings. The minimum atomic E-state index is -0.896. The van der Waals surface area contributed by atoms with Gasteiger partial charge in [0, 0.05) is 12.3 Å². The molecule has 0 fully saturated rings. The Balaban J connectivity index is 4.28. The van der Waals surface area contributed by atoms with Gasteiger partial charge in [-0.15, -0.1) is 0 Å². The minimum absolute atomic E-state index is 0.0135. The zero-order chi connectivity index (χ0) is 10.6. The number of carboxylic acids is 1. The van der Waals surface area contributed by atoms with Crippen molar-refractivity contribution in [1.29, 1.82) is 0 Å². The van der Waals surface area contributed by atoms with Crippen molar-refractivity contribution in [3.05, 3.63) is 0 Å². The summed E-state index contributed by atoms with van der Waals surface area (Å²) in [5.74, 6) is -1.28. The van der Waals surface area contributed by atoms with Crippen molar-refractivity contribution in [2.45, 2.75) is 33.6 Å². The Labute approximate surface area is 83.1 Å². The zero-order valence-corrected chi connectivity index (χ0v) is 8.89. The van der Waals surface area contributed by atoms with Crippen LogP contribution in [-0.2, 0) is 9.59 Å². The summed E-state index contributed by atoms with van der Waals surface area (Å²) in [5.41, 5.74) is -0.270. The Kier molecular flexibility index (Phi) is 4.40. The van der Waals surface area contributed by atoms with Crippen LogP contribution in [0.25, 0.3) is 0 Å². The van der Waals surface area contributed by atoms with Crippen LogP contribution in [-0.4, -0.2) is 16.3 Å². The summed E-state index contributed by atoms with van der Waals surface area (Å²) in [6.07, 6.45) is 0.293. The SMILES string of the molecule is CC(C)(C)C(CCC(=O)O)C(=O)Cl. The van der Waals surface area contributed by atoms with E-state index in [2.05, 4.69) is 0 Å². The highest BCUT2D eigenvalue weighted by Crippen LogP contribution is 2.31. The molecule has 0 amide bonds. The van der Waals surface area contributed by atoms with Crippen LogP contribution in [0.3, 0.4) is 0 Å². The van der Waals surface area contributed by atoms with E-state index >= 15 is 0 Å². The molecule has 1 N–H and O–H groups in total. The van der Waals surface area contributed by atoms with Gasteiger partial charge in [0.2, 0.25) is 5.24 Å². The first kappa shape index (κ1) is 12.4. The van der Waals surface area contributed by atoms with Crippen molar-refractivity contribution < 1.29 is 14.7 Å². The smallest absolute Gasteiger partial charge is 0.303 e. The molecule has 0 heterocycles. The van der Waals surface area contributed by atoms with E-state index in [0.717, 1.165) is 0 Å². The van der Waals surface area contributed by atoms with Crippen molar-refractivity contribution in [2.24, 2.45) is 11.3 Å². The van der Waals surface area contributed by atoms with E-state index in [1.54, 1.807) is 0 Å². The van der Waals surface area contributed by atoms with Crippen molar-refractivity contribution in [3.8, 4) is 0 Å². The second kappa shape index (κ2) is 4.61. The summed E-state index contributed by atoms with van der Waals surface area (Å²) in [5, 5.41) is 8.01. The predicted octanol–water partition coefficient (Wildman–Crippen LogP) is 2.28. The van der Waals surface area contributed by atoms with Gasteiger partial charge >= 0.3 is 5.97 Å². The molecule has 0 radical (unpaired) electrons. The lowest BCUT2D eigenvalue weighted by Crippen LogP contribution is -2.26. The summed E-state index contributed by atoms with van der Waals surface area (Å²) < 4.78 is 0. The Morgan fingerprint density at radius 2 is 1.85 bits per heavy atom. The molecule has 76 valence electrons. The lowest BCUT2D eigenvalue weighted by Gasteiger charge is -2.26. The van der Waals surface area contributed by atoms with Gasteiger partial charge < -0.3 is 5.11 Å². The van der Waals surface area contributed by atoms with Gasteiger partial charge in [-0.05, 0) is 23.4 Å². The molecule has 0 rings (SSSR count). The molecule has 13 heavy (non-hydrogen) atoms. The van der Waals surface area contributed by atoms with E-state index in [1.165, 1.54) is 0 Å². The number of hydrogen-bond donors (Lipinski definition) is 1. The third-order valence-electron chi connectivity index (χ3n) is 1.97. The van der Waals surface area contributed by atoms with Gasteiger partial charge in [0.15, 0.2) is 0 Å². The van der Waals surface area contributed by atoms with Crippen LogP contribution in [0.1, 0.15) is 33.6 Å². The minimum Gasteiger partial charge on any atom is -0.481 e. The predicted molar refractivity (Wildman–Crippen MR) is 50.7 cm³/mol. The van der Waals surface area contributed by atoms with E-state index < -0.39 is 11.2 Å². The number of carbonyl (C=O) groups excluding carboxylic acids is 1. The normalized spacial score (nSPS) is 13.8. The van der Waals surface area contributed by atoms with Gasteiger partial charge in [-0.2, -0.15) is 0 Å². The summed E-state index contributed by atoms with van der Waals surface area (Å²) in [7, 11) is 0. The van der Waals surface area contributed by atoms with E-state index in [4.69, 9.17) is 16.7 Å². The van der Waals surface area contributed by atoms with Gasteiger partial charge in [-0.25, -0.2) is 0 Å². The van der Waals surface area contributed by atoms with Gasteiger partial charge in [-0.3, -0.25) is 9.59 Å². The van der Waals surface area contributed by atoms with Crippen LogP contribution in [0.5, 0.6) is 0 Å². The summed E-state index contributed by atoms with van der Waals surface area (Å²) in [6, 6.07) is 0. The first-order chi connectivity index (χ1) is 5.75. The maximum Gasteiger partial charge on any atom is 0.303 e. The van der Waals surface area contributed by atoms with Crippen molar-refractivity contribution >= 4 is 22.8 Å². The number of aliphatic carboxylic acids is 1. The fraction of sp³-hybridized carbons (Fsp3) is 0.778. The molecule has 0 saturated heterocycles. The molecule has 0 spiro atoms. The summed E-state index contributed by atoms with van der Waals surface area (Å²) >= 11 is 5.38. The average molecular weight is 207 g/mol. The Bertz CT molecular complexity index is 205. The molecule has 0 aromatic heterocycles. The Morgan fingerprint density at radius 1 is 1.38 bits per heavy atom. The molecule has 0 aromatic rings. The van der Waals surface area contributed by atoms with Crippen LogP contribution in [0.15, 0.2) is 0 Å². The van der Waals surface area contributed by atoms with Gasteiger partial charge in [0.05, 0.1) is 0 Å². The quantitative estimate of drug-likeness (QED) is 0.718. The molecule has 0 saturated carbocycles. The first-order valence-electron chi connectivity index (χ1n) is 4.16. The summed E-state index contributed by atoms with van der Waals surface area (Å²) in [4.78, 5) is 21.3. The number of carbonyl (C=O) groups is 2. The highest BCUT2D eigenvalue weighted by atomic mass is 35.5. The standard InChI is InChI=1S/C9H15ClO3/c1-9(2,3)6(8(10)13)4-5-7(11)12/h6H,4-5H2,1-3H3,(H,11,12). The van der Waals surface area contributed by atoms with E-state index in [1.807, 2.05) is 20.8 Å². The van der Waals surface area contributed by atoms with Crippen molar-refractivity contribution in [3.63, 3.8) is 0 Å². The van der Waals surface area contributed by atoms with Crippen LogP contribution >= 0.6 is 11.6 Å². The molecule has 0 aliphatic carbocycles. The monoisotopic (exact) mass is 206 g/mol. The third-order valence-corrected chi connectivity index (χ3v) is 2.23. The van der Waals surface area contributed by atoms with E-state index in [9.17, 15) is 9.59 Å². The zero-order valence-electron chi connectivity index (χ0n) is 8.13. The Hall–Kier alpha value is -0.570. The number of halogens is 1. The largest absolute Gasteiger partial charge is 0.481 e. The second-order valence-electron chi connectivity index (χ2n) is 4.16. The number of rotatable bonds is 4. The number of hydrogen-bond acceptors (Lipinski definition) is 2. The molecular formula is C9H15ClO3. The van der Waals surface area contributed by atoms with Crippen LogP contribution in [0.2, 0.25) is 0 Å². The molecule has 0 aliphatic heterocycles. The van der Waals surface area contributed by atoms with Crippen molar-refractivity contribution in [2.75, 3.05) is 0 Å². The molecule has 0 bridgehead atoms. The topological polar surface area (TPSA) is 54.4 Å². The van der Waals surface area contributed by atoms with Crippen LogP contribution in [0.4, 0.5) is 0 Å². The fourth-order valence-electron chi connectivity index (χ4n) is 1.15. The van der Waals surface area contributed by atoms with Crippen molar-refractivity contribution in [1.82, 2.24) is 0 Å². The van der Waals surface area contributed by atoms with Gasteiger partial charge in [0.25, 0.3) is 0 Å². The molecule has 1 unspecified atom stereocenters. The highest BCUT2D eigenvalue weighted by molar-refractivity contribution is 6.64. The van der Waals surface area contributed by atoms with E-state index in [-0.39, 0.29) is 17.8 Å². The van der Waals surface area contributed by atoms with E-state index in [0.29, 0.717) is 6.42 Å². The molecular weight excluding hydrogens is 192 g/mol. The first-order valence-corrected chi connectivity index (χ1v) is 4.54. The molecule has 1 atom stereocenters. The second-order valence-corrected chi connectivity index (χ2v) is 4.53. The Morgan fingerprint density at radius 3 is 2.08 bits per heavy atom.